The van der Waals surface area contributed by atoms with Crippen molar-refractivity contribution in [1.82, 2.24) is 14.7 Å². The van der Waals surface area contributed by atoms with Crippen LogP contribution in [-0.2, 0) is 17.9 Å². The van der Waals surface area contributed by atoms with E-state index in [9.17, 15) is 18.0 Å². The lowest BCUT2D eigenvalue weighted by atomic mass is 9.90. The fraction of sp³-hybridized carbons (Fsp3) is 0.379. The van der Waals surface area contributed by atoms with Gasteiger partial charge in [-0.25, -0.2) is 0 Å². The number of carbonyl (C=O) groups is 1. The Morgan fingerprint density at radius 3 is 2.13 bits per heavy atom. The molecule has 2 atom stereocenters. The van der Waals surface area contributed by atoms with E-state index in [4.69, 9.17) is 16.9 Å². The Morgan fingerprint density at radius 1 is 0.923 bits per heavy atom. The van der Waals surface area contributed by atoms with Crippen molar-refractivity contribution in [2.75, 3.05) is 39.3 Å². The Labute approximate surface area is 230 Å². The average molecular weight is 557 g/mol. The fourth-order valence-corrected chi connectivity index (χ4v) is 5.80. The number of piperazine rings is 1. The van der Waals surface area contributed by atoms with Crippen molar-refractivity contribution in [2.24, 2.45) is 5.92 Å². The van der Waals surface area contributed by atoms with Crippen molar-refractivity contribution in [3.63, 3.8) is 0 Å². The number of halogens is 4. The van der Waals surface area contributed by atoms with Crippen LogP contribution in [0, 0.1) is 17.2 Å². The molecule has 204 valence electrons. The summed E-state index contributed by atoms with van der Waals surface area (Å²) in [5.74, 6) is -0.767. The van der Waals surface area contributed by atoms with Crippen LogP contribution in [0.25, 0.3) is 0 Å². The minimum atomic E-state index is -4.74. The highest BCUT2D eigenvalue weighted by molar-refractivity contribution is 6.24. The first-order chi connectivity index (χ1) is 18.7. The number of benzene rings is 2. The molecular formula is C29H28ClF3N4O2. The number of hydrogen-bond acceptors (Lipinski definition) is 5. The van der Waals surface area contributed by atoms with Gasteiger partial charge in [0, 0.05) is 52.4 Å². The molecule has 39 heavy (non-hydrogen) atoms. The second-order valence-corrected chi connectivity index (χ2v) is 10.6. The van der Waals surface area contributed by atoms with E-state index in [1.807, 2.05) is 30.3 Å². The van der Waals surface area contributed by atoms with Crippen LogP contribution < -0.4 is 4.74 Å². The first-order valence-electron chi connectivity index (χ1n) is 12.8. The molecule has 2 fully saturated rings. The van der Waals surface area contributed by atoms with Crippen LogP contribution in [0.3, 0.4) is 0 Å². The van der Waals surface area contributed by atoms with Gasteiger partial charge in [0.1, 0.15) is 5.75 Å². The van der Waals surface area contributed by atoms with Gasteiger partial charge in [0.05, 0.1) is 22.9 Å². The van der Waals surface area contributed by atoms with Gasteiger partial charge in [0.25, 0.3) is 0 Å². The van der Waals surface area contributed by atoms with E-state index in [2.05, 4.69) is 26.7 Å². The monoisotopic (exact) mass is 556 g/mol. The molecule has 1 amide bonds. The van der Waals surface area contributed by atoms with Gasteiger partial charge in [-0.05, 0) is 46.5 Å². The van der Waals surface area contributed by atoms with E-state index in [0.717, 1.165) is 56.0 Å². The molecule has 0 spiro atoms. The molecule has 1 aliphatic carbocycles. The molecule has 2 heterocycles. The number of rotatable bonds is 7. The van der Waals surface area contributed by atoms with Crippen LogP contribution in [0.4, 0.5) is 13.2 Å². The van der Waals surface area contributed by atoms with Crippen molar-refractivity contribution in [3.8, 4) is 11.8 Å². The number of alkyl halides is 4. The van der Waals surface area contributed by atoms with Gasteiger partial charge in [0.15, 0.2) is 0 Å². The lowest BCUT2D eigenvalue weighted by Crippen LogP contribution is -2.46. The Balaban J connectivity index is 1.14. The smallest absolute Gasteiger partial charge is 0.406 e. The van der Waals surface area contributed by atoms with Gasteiger partial charge in [-0.2, -0.15) is 5.26 Å². The third kappa shape index (κ3) is 6.82. The van der Waals surface area contributed by atoms with Gasteiger partial charge >= 0.3 is 6.36 Å². The number of likely N-dealkylation sites (tertiary alicyclic amines) is 1. The van der Waals surface area contributed by atoms with Gasteiger partial charge in [-0.15, -0.1) is 24.8 Å². The van der Waals surface area contributed by atoms with E-state index in [1.165, 1.54) is 29.8 Å². The van der Waals surface area contributed by atoms with Gasteiger partial charge < -0.3 is 9.64 Å². The van der Waals surface area contributed by atoms with Crippen molar-refractivity contribution in [3.05, 3.63) is 88.5 Å². The molecule has 0 saturated carbocycles. The predicted octanol–water partition coefficient (Wildman–Crippen LogP) is 4.71. The summed E-state index contributed by atoms with van der Waals surface area (Å²) in [6.45, 7) is 6.08. The molecule has 2 aromatic rings. The molecule has 5 rings (SSSR count). The molecule has 0 N–H and O–H groups in total. The van der Waals surface area contributed by atoms with Crippen LogP contribution in [0.15, 0.2) is 71.8 Å². The third-order valence-electron chi connectivity index (χ3n) is 7.30. The Morgan fingerprint density at radius 2 is 1.51 bits per heavy atom. The highest BCUT2D eigenvalue weighted by Gasteiger charge is 2.41. The summed E-state index contributed by atoms with van der Waals surface area (Å²) in [5, 5.41) is 8.54. The first-order valence-corrected chi connectivity index (χ1v) is 13.2. The number of hydrogen-bond donors (Lipinski definition) is 0. The van der Waals surface area contributed by atoms with E-state index >= 15 is 0 Å². The summed E-state index contributed by atoms with van der Waals surface area (Å²) >= 11 is 6.68. The average Bonchev–Trinajstić information content (AvgIpc) is 3.21. The summed E-state index contributed by atoms with van der Waals surface area (Å²) in [7, 11) is 0. The molecular weight excluding hydrogens is 529 g/mol. The standard InChI is InChI=1S/C29H28ClF3N4O2/c30-26-14-23(17-36-11-9-35(10-12-36)16-21-3-1-20(15-34)2-4-21)13-24-19-37(28(38)27(24)26)18-22-5-7-25(8-6-22)39-29(31,32)33/h1-8,13-14,26-27H,9-12,16-19H2. The number of carbonyl (C=O) groups excluding carboxylic acids is 1. The maximum absolute atomic E-state index is 13.1. The summed E-state index contributed by atoms with van der Waals surface area (Å²) in [4.78, 5) is 19.6. The van der Waals surface area contributed by atoms with Gasteiger partial charge in [-0.1, -0.05) is 36.4 Å². The maximum Gasteiger partial charge on any atom is 0.573 e. The fourth-order valence-electron chi connectivity index (χ4n) is 5.37. The summed E-state index contributed by atoms with van der Waals surface area (Å²) in [6, 6.07) is 15.4. The van der Waals surface area contributed by atoms with E-state index in [1.54, 1.807) is 4.90 Å². The van der Waals surface area contributed by atoms with E-state index in [-0.39, 0.29) is 11.7 Å². The van der Waals surface area contributed by atoms with Gasteiger partial charge in [0.2, 0.25) is 5.91 Å². The molecule has 3 aliphatic rings. The minimum Gasteiger partial charge on any atom is -0.406 e. The van der Waals surface area contributed by atoms with Crippen molar-refractivity contribution >= 4 is 17.5 Å². The summed E-state index contributed by atoms with van der Waals surface area (Å²) in [6.07, 6.45) is -0.678. The normalized spacial score (nSPS) is 22.2. The Bertz CT molecular complexity index is 1290. The topological polar surface area (TPSA) is 59.8 Å². The second-order valence-electron chi connectivity index (χ2n) is 10.1. The number of amides is 1. The van der Waals surface area contributed by atoms with Crippen LogP contribution in [0.5, 0.6) is 5.75 Å². The number of allylic oxidation sites excluding steroid dienone is 1. The predicted molar refractivity (Wildman–Crippen MR) is 141 cm³/mol. The summed E-state index contributed by atoms with van der Waals surface area (Å²) < 4.78 is 41.2. The van der Waals surface area contributed by atoms with Crippen LogP contribution in [-0.4, -0.2) is 71.6 Å². The van der Waals surface area contributed by atoms with Crippen LogP contribution >= 0.6 is 11.6 Å². The molecule has 6 nitrogen and oxygen atoms in total. The van der Waals surface area contributed by atoms with Crippen LogP contribution in [0.2, 0.25) is 0 Å². The lowest BCUT2D eigenvalue weighted by molar-refractivity contribution is -0.274. The number of fused-ring (bicyclic) bond motifs is 1. The molecule has 0 bridgehead atoms. The SMILES string of the molecule is N#Cc1ccc(CN2CCN(CC3=CC(Cl)C4C(=O)N(Cc5ccc(OC(F)(F)F)cc5)CC4=C3)CC2)cc1. The lowest BCUT2D eigenvalue weighted by Gasteiger charge is -2.35. The number of ether oxygens (including phenoxy) is 1. The number of nitriles is 1. The van der Waals surface area contributed by atoms with Crippen molar-refractivity contribution in [2.45, 2.75) is 24.8 Å². The minimum absolute atomic E-state index is 0.0661. The molecule has 2 saturated heterocycles. The Kier molecular flexibility index (Phi) is 7.98. The molecule has 2 unspecified atom stereocenters. The number of nitrogens with zero attached hydrogens (tertiary/aromatic N) is 4. The third-order valence-corrected chi connectivity index (χ3v) is 7.68. The molecule has 2 aromatic carbocycles. The zero-order chi connectivity index (χ0) is 27.6. The second kappa shape index (κ2) is 11.4. The zero-order valence-electron chi connectivity index (χ0n) is 21.2. The van der Waals surface area contributed by atoms with Crippen molar-refractivity contribution < 1.29 is 22.7 Å². The van der Waals surface area contributed by atoms with Crippen molar-refractivity contribution in [1.29, 1.82) is 5.26 Å². The van der Waals surface area contributed by atoms with Crippen LogP contribution in [0.1, 0.15) is 16.7 Å². The summed E-state index contributed by atoms with van der Waals surface area (Å²) in [5.41, 5.74) is 4.66. The molecule has 0 aromatic heterocycles. The largest absolute Gasteiger partial charge is 0.573 e. The first kappa shape index (κ1) is 27.3. The van der Waals surface area contributed by atoms with E-state index < -0.39 is 17.7 Å². The molecule has 0 radical (unpaired) electrons. The highest BCUT2D eigenvalue weighted by atomic mass is 35.5. The zero-order valence-corrected chi connectivity index (χ0v) is 22.0. The molecule has 10 heteroatoms. The highest BCUT2D eigenvalue weighted by Crippen LogP contribution is 2.36. The quantitative estimate of drug-likeness (QED) is 0.463. The molecule has 2 aliphatic heterocycles. The van der Waals surface area contributed by atoms with Gasteiger partial charge in [-0.3, -0.25) is 14.6 Å². The Hall–Kier alpha value is -3.32. The maximum atomic E-state index is 13.1. The van der Waals surface area contributed by atoms with E-state index in [0.29, 0.717) is 18.7 Å².